The molecule has 0 aromatic carbocycles. The molecule has 1 fully saturated rings. The van der Waals surface area contributed by atoms with Gasteiger partial charge in [-0.2, -0.15) is 5.26 Å². The van der Waals surface area contributed by atoms with Gasteiger partial charge in [-0.15, -0.1) is 0 Å². The number of nitrogens with zero attached hydrogens (tertiary/aromatic N) is 2. The number of nitriles is 1. The fourth-order valence-corrected chi connectivity index (χ4v) is 1.39. The van der Waals surface area contributed by atoms with Crippen molar-refractivity contribution in [1.82, 2.24) is 4.90 Å². The smallest absolute Gasteiger partial charge is 0.249 e. The number of amides is 1. The van der Waals surface area contributed by atoms with Gasteiger partial charge < -0.3 is 9.64 Å². The van der Waals surface area contributed by atoms with Crippen molar-refractivity contribution < 1.29 is 9.53 Å². The number of rotatable bonds is 3. The third-order valence-corrected chi connectivity index (χ3v) is 2.29. The van der Waals surface area contributed by atoms with E-state index < -0.39 is 6.04 Å². The lowest BCUT2D eigenvalue weighted by molar-refractivity contribution is -0.145. The third kappa shape index (κ3) is 2.71. The minimum absolute atomic E-state index is 0.0662. The number of hydrogen-bond acceptors (Lipinski definition) is 3. The lowest BCUT2D eigenvalue weighted by Crippen LogP contribution is -2.49. The fourth-order valence-electron chi connectivity index (χ4n) is 1.39. The average molecular weight is 196 g/mol. The highest BCUT2D eigenvalue weighted by atomic mass is 16.5. The zero-order valence-electron chi connectivity index (χ0n) is 8.69. The van der Waals surface area contributed by atoms with Crippen LogP contribution in [0.5, 0.6) is 0 Å². The van der Waals surface area contributed by atoms with E-state index in [9.17, 15) is 4.79 Å². The lowest BCUT2D eigenvalue weighted by atomic mass is 10.1. The first-order valence-corrected chi connectivity index (χ1v) is 4.92. The van der Waals surface area contributed by atoms with E-state index in [0.717, 1.165) is 6.42 Å². The molecule has 1 aliphatic heterocycles. The van der Waals surface area contributed by atoms with Crippen LogP contribution in [0.2, 0.25) is 0 Å². The topological polar surface area (TPSA) is 53.3 Å². The quantitative estimate of drug-likeness (QED) is 0.670. The van der Waals surface area contributed by atoms with E-state index in [4.69, 9.17) is 10.00 Å². The fraction of sp³-hybridized carbons (Fsp3) is 0.800. The van der Waals surface area contributed by atoms with E-state index in [1.165, 1.54) is 0 Å². The van der Waals surface area contributed by atoms with Crippen molar-refractivity contribution in [2.24, 2.45) is 5.92 Å². The highest BCUT2D eigenvalue weighted by Crippen LogP contribution is 2.10. The van der Waals surface area contributed by atoms with Gasteiger partial charge in [0.15, 0.2) is 0 Å². The first-order valence-electron chi connectivity index (χ1n) is 4.92. The van der Waals surface area contributed by atoms with Gasteiger partial charge in [0.05, 0.1) is 12.7 Å². The van der Waals surface area contributed by atoms with Crippen molar-refractivity contribution in [2.45, 2.75) is 26.3 Å². The summed E-state index contributed by atoms with van der Waals surface area (Å²) in [7, 11) is 0. The van der Waals surface area contributed by atoms with Gasteiger partial charge >= 0.3 is 0 Å². The largest absolute Gasteiger partial charge is 0.368 e. The van der Waals surface area contributed by atoms with E-state index in [1.54, 1.807) is 4.90 Å². The standard InChI is InChI=1S/C10H16N2O2/c1-8(2)3-4-12-9(5-11)6-14-7-10(12)13/h8-9H,3-4,6-7H2,1-2H3. The second kappa shape index (κ2) is 4.97. The summed E-state index contributed by atoms with van der Waals surface area (Å²) in [5, 5.41) is 8.82. The molecule has 0 radical (unpaired) electrons. The van der Waals surface area contributed by atoms with Gasteiger partial charge in [-0.1, -0.05) is 13.8 Å². The van der Waals surface area contributed by atoms with Gasteiger partial charge in [-0.05, 0) is 12.3 Å². The normalized spacial score (nSPS) is 22.6. The predicted molar refractivity (Wildman–Crippen MR) is 51.4 cm³/mol. The molecule has 4 heteroatoms. The van der Waals surface area contributed by atoms with Crippen molar-refractivity contribution in [3.05, 3.63) is 0 Å². The van der Waals surface area contributed by atoms with Crippen molar-refractivity contribution in [1.29, 1.82) is 5.26 Å². The maximum atomic E-state index is 11.4. The zero-order valence-corrected chi connectivity index (χ0v) is 8.69. The maximum absolute atomic E-state index is 11.4. The van der Waals surface area contributed by atoms with E-state index in [1.807, 2.05) is 0 Å². The van der Waals surface area contributed by atoms with E-state index in [-0.39, 0.29) is 12.5 Å². The first-order chi connectivity index (χ1) is 6.65. The Bertz CT molecular complexity index is 245. The van der Waals surface area contributed by atoms with E-state index in [0.29, 0.717) is 19.1 Å². The Morgan fingerprint density at radius 2 is 2.43 bits per heavy atom. The minimum atomic E-state index is -0.394. The molecule has 78 valence electrons. The molecule has 0 aliphatic carbocycles. The molecular formula is C10H16N2O2. The van der Waals surface area contributed by atoms with Gasteiger partial charge in [0.25, 0.3) is 0 Å². The highest BCUT2D eigenvalue weighted by molar-refractivity contribution is 5.78. The van der Waals surface area contributed by atoms with Crippen molar-refractivity contribution in [3.63, 3.8) is 0 Å². The third-order valence-electron chi connectivity index (χ3n) is 2.29. The Morgan fingerprint density at radius 1 is 1.71 bits per heavy atom. The van der Waals surface area contributed by atoms with Crippen LogP contribution in [-0.4, -0.2) is 36.6 Å². The lowest BCUT2D eigenvalue weighted by Gasteiger charge is -2.31. The molecule has 0 aromatic heterocycles. The maximum Gasteiger partial charge on any atom is 0.249 e. The summed E-state index contributed by atoms with van der Waals surface area (Å²) in [6.45, 7) is 5.34. The predicted octanol–water partition coefficient (Wildman–Crippen LogP) is 0.783. The molecule has 0 aromatic rings. The Morgan fingerprint density at radius 3 is 3.00 bits per heavy atom. The van der Waals surface area contributed by atoms with Crippen LogP contribution in [0.15, 0.2) is 0 Å². The second-order valence-corrected chi connectivity index (χ2v) is 3.93. The Balaban J connectivity index is 2.52. The molecule has 0 N–H and O–H groups in total. The number of morpholine rings is 1. The summed E-state index contributed by atoms with van der Waals surface area (Å²) in [5.41, 5.74) is 0. The molecule has 0 spiro atoms. The number of hydrogen-bond donors (Lipinski definition) is 0. The van der Waals surface area contributed by atoms with Crippen LogP contribution in [0.3, 0.4) is 0 Å². The molecule has 0 bridgehead atoms. The number of carbonyl (C=O) groups is 1. The monoisotopic (exact) mass is 196 g/mol. The van der Waals surface area contributed by atoms with Crippen LogP contribution in [0.4, 0.5) is 0 Å². The molecule has 1 saturated heterocycles. The van der Waals surface area contributed by atoms with Gasteiger partial charge in [-0.3, -0.25) is 4.79 Å². The summed E-state index contributed by atoms with van der Waals surface area (Å²) < 4.78 is 5.01. The van der Waals surface area contributed by atoms with Crippen LogP contribution >= 0.6 is 0 Å². The molecule has 1 rings (SSSR count). The molecule has 4 nitrogen and oxygen atoms in total. The first kappa shape index (κ1) is 11.0. The minimum Gasteiger partial charge on any atom is -0.368 e. The van der Waals surface area contributed by atoms with Crippen LogP contribution in [-0.2, 0) is 9.53 Å². The molecular weight excluding hydrogens is 180 g/mol. The van der Waals surface area contributed by atoms with Crippen LogP contribution in [0.1, 0.15) is 20.3 Å². The molecule has 1 unspecified atom stereocenters. The Labute approximate surface area is 84.4 Å². The Hall–Kier alpha value is -1.08. The summed E-state index contributed by atoms with van der Waals surface area (Å²) in [6.07, 6.45) is 0.934. The van der Waals surface area contributed by atoms with Gasteiger partial charge in [0.2, 0.25) is 5.91 Å². The zero-order chi connectivity index (χ0) is 10.6. The van der Waals surface area contributed by atoms with Crippen LogP contribution < -0.4 is 0 Å². The van der Waals surface area contributed by atoms with Gasteiger partial charge in [-0.25, -0.2) is 0 Å². The number of carbonyl (C=O) groups excluding carboxylic acids is 1. The molecule has 1 aliphatic rings. The number of ether oxygens (including phenoxy) is 1. The van der Waals surface area contributed by atoms with Crippen molar-refractivity contribution >= 4 is 5.91 Å². The van der Waals surface area contributed by atoms with Crippen LogP contribution in [0, 0.1) is 17.2 Å². The van der Waals surface area contributed by atoms with Gasteiger partial charge in [0.1, 0.15) is 12.6 Å². The van der Waals surface area contributed by atoms with Crippen molar-refractivity contribution in [2.75, 3.05) is 19.8 Å². The molecule has 1 atom stereocenters. The summed E-state index contributed by atoms with van der Waals surface area (Å²) in [5.74, 6) is 0.480. The van der Waals surface area contributed by atoms with E-state index >= 15 is 0 Å². The summed E-state index contributed by atoms with van der Waals surface area (Å²) in [6, 6.07) is 1.69. The Kier molecular flexibility index (Phi) is 3.90. The summed E-state index contributed by atoms with van der Waals surface area (Å²) in [4.78, 5) is 13.1. The second-order valence-electron chi connectivity index (χ2n) is 3.93. The van der Waals surface area contributed by atoms with Gasteiger partial charge in [0, 0.05) is 6.54 Å². The van der Waals surface area contributed by atoms with Crippen molar-refractivity contribution in [3.8, 4) is 6.07 Å². The molecule has 14 heavy (non-hydrogen) atoms. The van der Waals surface area contributed by atoms with E-state index in [2.05, 4.69) is 19.9 Å². The molecule has 0 saturated carbocycles. The molecule has 1 heterocycles. The highest BCUT2D eigenvalue weighted by Gasteiger charge is 2.28. The average Bonchev–Trinajstić information content (AvgIpc) is 2.15. The SMILES string of the molecule is CC(C)CCN1C(=O)COCC1C#N. The molecule has 1 amide bonds. The van der Waals surface area contributed by atoms with Crippen LogP contribution in [0.25, 0.3) is 0 Å². The summed E-state index contributed by atoms with van der Waals surface area (Å²) >= 11 is 0.